The average Bonchev–Trinajstić information content (AvgIpc) is 3.12. The van der Waals surface area contributed by atoms with Gasteiger partial charge in [0, 0.05) is 11.6 Å². The molecule has 2 amide bonds. The number of nitro groups is 1. The van der Waals surface area contributed by atoms with Crippen LogP contribution in [0.25, 0.3) is 11.3 Å². The molecule has 3 rings (SSSR count). The molecule has 1 aromatic heterocycles. The third kappa shape index (κ3) is 4.78. The summed E-state index contributed by atoms with van der Waals surface area (Å²) < 4.78 is 5.12. The van der Waals surface area contributed by atoms with E-state index in [0.29, 0.717) is 15.5 Å². The van der Waals surface area contributed by atoms with Crippen LogP contribution in [0.4, 0.5) is 5.69 Å². The maximum atomic E-state index is 12.6. The highest BCUT2D eigenvalue weighted by Gasteiger charge is 2.23. The average molecular weight is 447 g/mol. The molecule has 0 aliphatic rings. The van der Waals surface area contributed by atoms with E-state index in [1.807, 2.05) is 0 Å². The zero-order chi connectivity index (χ0) is 21.7. The third-order valence-electron chi connectivity index (χ3n) is 3.95. The fourth-order valence-corrected chi connectivity index (χ4v) is 3.62. The monoisotopic (exact) mass is 446 g/mol. The number of carbonyl (C=O) groups is 2. The lowest BCUT2D eigenvalue weighted by Gasteiger charge is -2.08. The number of rotatable bonds is 6. The van der Waals surface area contributed by atoms with Crippen LogP contribution in [0, 0.1) is 17.0 Å². The van der Waals surface area contributed by atoms with Crippen molar-refractivity contribution in [1.82, 2.24) is 16.0 Å². The lowest BCUT2D eigenvalue weighted by molar-refractivity contribution is -0.387. The Kier molecular flexibility index (Phi) is 6.70. The largest absolute Gasteiger partial charge is 0.360 e. The van der Waals surface area contributed by atoms with E-state index in [9.17, 15) is 19.7 Å². The molecule has 2 aromatic carbocycles. The van der Waals surface area contributed by atoms with Crippen molar-refractivity contribution in [2.45, 2.75) is 11.8 Å². The predicted molar refractivity (Wildman–Crippen MR) is 111 cm³/mol. The van der Waals surface area contributed by atoms with Gasteiger partial charge < -0.3 is 4.52 Å². The van der Waals surface area contributed by atoms with Crippen LogP contribution < -0.4 is 10.9 Å². The number of hydrazine groups is 1. The number of aromatic nitrogens is 1. The number of hydrogen-bond donors (Lipinski definition) is 2. The third-order valence-corrected chi connectivity index (χ3v) is 5.35. The molecule has 30 heavy (non-hydrogen) atoms. The zero-order valence-corrected chi connectivity index (χ0v) is 17.1. The van der Waals surface area contributed by atoms with Gasteiger partial charge in [-0.15, -0.1) is 11.8 Å². The smallest absolute Gasteiger partial charge is 0.282 e. The summed E-state index contributed by atoms with van der Waals surface area (Å²) in [5.41, 5.74) is 5.38. The Morgan fingerprint density at radius 3 is 2.60 bits per heavy atom. The van der Waals surface area contributed by atoms with Gasteiger partial charge in [0.1, 0.15) is 17.0 Å². The molecule has 11 heteroatoms. The van der Waals surface area contributed by atoms with E-state index >= 15 is 0 Å². The van der Waals surface area contributed by atoms with Crippen LogP contribution in [0.3, 0.4) is 0 Å². The summed E-state index contributed by atoms with van der Waals surface area (Å²) in [6.45, 7) is 1.56. The molecule has 0 radical (unpaired) electrons. The summed E-state index contributed by atoms with van der Waals surface area (Å²) in [4.78, 5) is 35.5. The second kappa shape index (κ2) is 9.42. The highest BCUT2D eigenvalue weighted by molar-refractivity contribution is 8.00. The minimum Gasteiger partial charge on any atom is -0.360 e. The first-order valence-electron chi connectivity index (χ1n) is 8.55. The molecule has 0 bridgehead atoms. The summed E-state index contributed by atoms with van der Waals surface area (Å²) in [5, 5.41) is 15.3. The van der Waals surface area contributed by atoms with Crippen molar-refractivity contribution in [3.8, 4) is 11.3 Å². The first-order valence-corrected chi connectivity index (χ1v) is 9.91. The minimum absolute atomic E-state index is 0.0937. The Morgan fingerprint density at radius 1 is 1.17 bits per heavy atom. The van der Waals surface area contributed by atoms with Gasteiger partial charge in [-0.25, -0.2) is 0 Å². The van der Waals surface area contributed by atoms with Gasteiger partial charge in [-0.3, -0.25) is 30.6 Å². The van der Waals surface area contributed by atoms with E-state index in [0.717, 1.165) is 11.8 Å². The lowest BCUT2D eigenvalue weighted by atomic mass is 10.1. The Labute approximate surface area is 179 Å². The zero-order valence-electron chi connectivity index (χ0n) is 15.5. The topological polar surface area (TPSA) is 127 Å². The standard InChI is InChI=1S/C19H15ClN4O5S/c1-11-17(18(23-29-11)12-6-2-3-7-13(12)20)19(26)22-21-16(25)10-30-15-9-5-4-8-14(15)24(27)28/h2-9H,10H2,1H3,(H,21,25)(H,22,26). The number of carbonyl (C=O) groups excluding carboxylic acids is 2. The Bertz CT molecular complexity index is 1120. The van der Waals surface area contributed by atoms with Crippen molar-refractivity contribution in [2.24, 2.45) is 0 Å². The fraction of sp³-hybridized carbons (Fsp3) is 0.105. The summed E-state index contributed by atoms with van der Waals surface area (Å²) in [6, 6.07) is 12.9. The van der Waals surface area contributed by atoms with Crippen LogP contribution in [-0.4, -0.2) is 27.6 Å². The SMILES string of the molecule is Cc1onc(-c2ccccc2Cl)c1C(=O)NNC(=O)CSc1ccccc1[N+](=O)[O-]. The van der Waals surface area contributed by atoms with E-state index in [4.69, 9.17) is 16.1 Å². The molecule has 0 unspecified atom stereocenters. The van der Waals surface area contributed by atoms with Gasteiger partial charge in [0.2, 0.25) is 5.91 Å². The number of para-hydroxylation sites is 1. The molecular formula is C19H15ClN4O5S. The molecule has 0 fully saturated rings. The highest BCUT2D eigenvalue weighted by Crippen LogP contribution is 2.31. The summed E-state index contributed by atoms with van der Waals surface area (Å²) >= 11 is 7.16. The fourth-order valence-electron chi connectivity index (χ4n) is 2.58. The molecule has 9 nitrogen and oxygen atoms in total. The molecule has 154 valence electrons. The van der Waals surface area contributed by atoms with Crippen molar-refractivity contribution in [2.75, 3.05) is 5.75 Å². The quantitative estimate of drug-likeness (QED) is 0.335. The van der Waals surface area contributed by atoms with E-state index in [1.54, 1.807) is 49.4 Å². The number of aryl methyl sites for hydroxylation is 1. The van der Waals surface area contributed by atoms with E-state index in [1.165, 1.54) is 6.07 Å². The normalized spacial score (nSPS) is 10.5. The van der Waals surface area contributed by atoms with Gasteiger partial charge >= 0.3 is 0 Å². The number of benzene rings is 2. The van der Waals surface area contributed by atoms with Crippen molar-refractivity contribution >= 4 is 40.9 Å². The molecular weight excluding hydrogens is 432 g/mol. The summed E-state index contributed by atoms with van der Waals surface area (Å²) in [7, 11) is 0. The summed E-state index contributed by atoms with van der Waals surface area (Å²) in [6.07, 6.45) is 0. The Balaban J connectivity index is 1.64. The number of halogens is 1. The van der Waals surface area contributed by atoms with Crippen molar-refractivity contribution in [3.05, 3.63) is 75.0 Å². The van der Waals surface area contributed by atoms with Gasteiger partial charge in [-0.2, -0.15) is 0 Å². The van der Waals surface area contributed by atoms with Crippen LogP contribution >= 0.6 is 23.4 Å². The second-order valence-electron chi connectivity index (χ2n) is 5.96. The first kappa shape index (κ1) is 21.3. The van der Waals surface area contributed by atoms with Crippen molar-refractivity contribution < 1.29 is 19.0 Å². The molecule has 0 spiro atoms. The van der Waals surface area contributed by atoms with Crippen LogP contribution in [-0.2, 0) is 4.79 Å². The molecule has 3 aromatic rings. The number of nitrogens with zero attached hydrogens (tertiary/aromatic N) is 2. The number of nitro benzene ring substituents is 1. The molecule has 1 heterocycles. The Morgan fingerprint density at radius 2 is 1.87 bits per heavy atom. The molecule has 0 saturated heterocycles. The van der Waals surface area contributed by atoms with Crippen LogP contribution in [0.5, 0.6) is 0 Å². The second-order valence-corrected chi connectivity index (χ2v) is 7.38. The highest BCUT2D eigenvalue weighted by atomic mass is 35.5. The van der Waals surface area contributed by atoms with Crippen LogP contribution in [0.15, 0.2) is 57.9 Å². The van der Waals surface area contributed by atoms with Gasteiger partial charge in [0.05, 0.1) is 20.6 Å². The van der Waals surface area contributed by atoms with E-state index < -0.39 is 16.7 Å². The number of nitrogens with one attached hydrogen (secondary N) is 2. The van der Waals surface area contributed by atoms with Gasteiger partial charge in [0.15, 0.2) is 0 Å². The van der Waals surface area contributed by atoms with E-state index in [-0.39, 0.29) is 28.5 Å². The maximum Gasteiger partial charge on any atom is 0.282 e. The molecule has 2 N–H and O–H groups in total. The Hall–Kier alpha value is -3.37. The molecule has 0 saturated carbocycles. The van der Waals surface area contributed by atoms with Gasteiger partial charge in [-0.1, -0.05) is 47.1 Å². The van der Waals surface area contributed by atoms with Gasteiger partial charge in [-0.05, 0) is 19.1 Å². The number of thioether (sulfide) groups is 1. The minimum atomic E-state index is -0.632. The number of hydrogen-bond acceptors (Lipinski definition) is 7. The van der Waals surface area contributed by atoms with E-state index in [2.05, 4.69) is 16.0 Å². The van der Waals surface area contributed by atoms with Gasteiger partial charge in [0.25, 0.3) is 11.6 Å². The molecule has 0 aliphatic carbocycles. The summed E-state index contributed by atoms with van der Waals surface area (Å²) in [5.74, 6) is -1.05. The number of amides is 2. The van der Waals surface area contributed by atoms with Crippen LogP contribution in [0.1, 0.15) is 16.1 Å². The first-order chi connectivity index (χ1) is 14.4. The molecule has 0 atom stereocenters. The van der Waals surface area contributed by atoms with Crippen molar-refractivity contribution in [1.29, 1.82) is 0 Å². The van der Waals surface area contributed by atoms with Crippen molar-refractivity contribution in [3.63, 3.8) is 0 Å². The molecule has 0 aliphatic heterocycles. The predicted octanol–water partition coefficient (Wildman–Crippen LogP) is 3.76. The maximum absolute atomic E-state index is 12.6. The lowest BCUT2D eigenvalue weighted by Crippen LogP contribution is -2.42. The van der Waals surface area contributed by atoms with Crippen LogP contribution in [0.2, 0.25) is 5.02 Å².